The second-order valence-corrected chi connectivity index (χ2v) is 16.4. The Hall–Kier alpha value is -6.66. The van der Waals surface area contributed by atoms with Gasteiger partial charge < -0.3 is 39.1 Å². The Morgan fingerprint density at radius 3 is 1.80 bits per heavy atom. The van der Waals surface area contributed by atoms with Gasteiger partial charge in [-0.1, -0.05) is 164 Å². The minimum Gasteiger partial charge on any atom is -0.497 e. The van der Waals surface area contributed by atoms with Gasteiger partial charge in [0, 0.05) is 12.9 Å². The number of rotatable bonds is 19. The van der Waals surface area contributed by atoms with E-state index in [4.69, 9.17) is 39.1 Å². The highest BCUT2D eigenvalue weighted by Gasteiger charge is 2.57. The summed E-state index contributed by atoms with van der Waals surface area (Å²) in [5, 5.41) is 21.3. The van der Waals surface area contributed by atoms with Crippen LogP contribution in [-0.2, 0) is 50.7 Å². The van der Waals surface area contributed by atoms with Crippen LogP contribution in [0.4, 0.5) is 5.82 Å². The summed E-state index contributed by atoms with van der Waals surface area (Å²) in [7, 11) is 1.66. The quantitative estimate of drug-likeness (QED) is 0.0800. The fraction of sp³-hybridized carbons (Fsp3) is 0.236. The van der Waals surface area contributed by atoms with E-state index in [1.54, 1.807) is 7.11 Å². The zero-order valence-electron chi connectivity index (χ0n) is 36.6. The van der Waals surface area contributed by atoms with Crippen molar-refractivity contribution in [2.24, 2.45) is 0 Å². The monoisotopic (exact) mass is 865 g/mol. The molecule has 10 nitrogen and oxygen atoms in total. The van der Waals surface area contributed by atoms with E-state index >= 15 is 0 Å². The zero-order valence-corrected chi connectivity index (χ0v) is 36.6. The Morgan fingerprint density at radius 1 is 0.692 bits per heavy atom. The topological polar surface area (TPSA) is 111 Å². The lowest BCUT2D eigenvalue weighted by molar-refractivity contribution is -0.148. The van der Waals surface area contributed by atoms with Crippen molar-refractivity contribution in [3.63, 3.8) is 0 Å². The van der Waals surface area contributed by atoms with Crippen molar-refractivity contribution >= 4 is 11.3 Å². The van der Waals surface area contributed by atoms with Gasteiger partial charge in [0.05, 0.1) is 50.3 Å². The van der Waals surface area contributed by atoms with Crippen LogP contribution in [0.5, 0.6) is 5.75 Å². The largest absolute Gasteiger partial charge is 0.497 e. The Bertz CT molecular complexity index is 2680. The van der Waals surface area contributed by atoms with Gasteiger partial charge in [-0.05, 0) is 76.3 Å². The molecule has 0 unspecified atom stereocenters. The Morgan fingerprint density at radius 2 is 1.23 bits per heavy atom. The lowest BCUT2D eigenvalue weighted by Crippen LogP contribution is -2.47. The number of methoxy groups -OCH3 is 1. The summed E-state index contributed by atoms with van der Waals surface area (Å²) >= 11 is 0. The Kier molecular flexibility index (Phi) is 13.4. The first-order valence-corrected chi connectivity index (χ1v) is 22.1. The van der Waals surface area contributed by atoms with Gasteiger partial charge in [0.1, 0.15) is 29.7 Å². The maximum atomic E-state index is 10.6. The van der Waals surface area contributed by atoms with Crippen LogP contribution in [-0.4, -0.2) is 57.8 Å². The van der Waals surface area contributed by atoms with Crippen molar-refractivity contribution in [2.45, 2.75) is 62.6 Å². The number of ether oxygens (including phenoxy) is 5. The maximum Gasteiger partial charge on any atom is 0.131 e. The Balaban J connectivity index is 1.18. The number of hydrogen-bond donors (Lipinski definition) is 1. The molecule has 10 heteroatoms. The molecule has 1 saturated heterocycles. The van der Waals surface area contributed by atoms with Gasteiger partial charge in [0.25, 0.3) is 0 Å². The number of hydrogen-bond acceptors (Lipinski definition) is 8. The predicted octanol–water partition coefficient (Wildman–Crippen LogP) is 10.5. The molecule has 3 heterocycles. The van der Waals surface area contributed by atoms with Crippen LogP contribution in [0.1, 0.15) is 57.7 Å². The summed E-state index contributed by atoms with van der Waals surface area (Å²) in [5.41, 5.74) is 5.96. The van der Waals surface area contributed by atoms with Crippen LogP contribution >= 0.6 is 0 Å². The molecule has 65 heavy (non-hydrogen) atoms. The van der Waals surface area contributed by atoms with Crippen molar-refractivity contribution in [2.75, 3.05) is 20.3 Å². The lowest BCUT2D eigenvalue weighted by Gasteiger charge is -2.43. The standard InChI is InChI=1S/C55H53N4O6/c1-54(64-37-42-22-12-5-13-23-42)51(65-49(38-62-35-40-18-8-3-9-19-40)52(54)63-36-41-20-10-4-11-21-41)48-34-43(32-33-60)50-53(56-39-57-59(48)50)58-55(44-24-14-6-15-25-44,45-26-16-7-17-27-45)46-28-30-47(61-2)31-29-46/h3-31,34,39,49,51-52,60H,32-33,35-38H2,1-2H3/q-1/t49-,51+,52-,54+/m1/s1. The molecule has 1 aliphatic rings. The second kappa shape index (κ2) is 20.0. The molecule has 2 aromatic heterocycles. The zero-order chi connectivity index (χ0) is 44.5. The molecule has 0 amide bonds. The molecule has 0 aliphatic carbocycles. The molecule has 1 fully saturated rings. The highest BCUT2D eigenvalue weighted by atomic mass is 16.6. The molecule has 330 valence electrons. The second-order valence-electron chi connectivity index (χ2n) is 16.4. The van der Waals surface area contributed by atoms with Gasteiger partial charge in [-0.15, -0.1) is 0 Å². The molecule has 8 aromatic rings. The Labute approximate surface area is 380 Å². The first kappa shape index (κ1) is 43.6. The van der Waals surface area contributed by atoms with Crippen LogP contribution in [0.15, 0.2) is 188 Å². The highest BCUT2D eigenvalue weighted by molar-refractivity contribution is 5.79. The maximum absolute atomic E-state index is 10.6. The van der Waals surface area contributed by atoms with Crippen LogP contribution in [0, 0.1) is 0 Å². The minimum absolute atomic E-state index is 0.111. The molecule has 0 radical (unpaired) electrons. The summed E-state index contributed by atoms with van der Waals surface area (Å²) in [5.74, 6) is 1.18. The first-order valence-electron chi connectivity index (χ1n) is 22.1. The number of aliphatic hydroxyl groups excluding tert-OH is 1. The molecule has 0 bridgehead atoms. The van der Waals surface area contributed by atoms with Crippen molar-refractivity contribution in [3.8, 4) is 5.75 Å². The number of aliphatic hydroxyl groups is 1. The summed E-state index contributed by atoms with van der Waals surface area (Å²) in [4.78, 5) is 4.94. The van der Waals surface area contributed by atoms with Gasteiger partial charge in [-0.3, -0.25) is 0 Å². The average molecular weight is 866 g/mol. The normalized spacial score (nSPS) is 18.5. The molecule has 0 spiro atoms. The fourth-order valence-corrected chi connectivity index (χ4v) is 9.01. The number of benzene rings is 6. The third-order valence-electron chi connectivity index (χ3n) is 12.2. The summed E-state index contributed by atoms with van der Waals surface area (Å²) in [6, 6.07) is 60.9. The average Bonchev–Trinajstić information content (AvgIpc) is 3.87. The van der Waals surface area contributed by atoms with E-state index in [1.165, 1.54) is 6.33 Å². The number of nitrogens with zero attached hydrogens (tertiary/aromatic N) is 4. The highest BCUT2D eigenvalue weighted by Crippen LogP contribution is 2.51. The van der Waals surface area contributed by atoms with Crippen LogP contribution in [0.3, 0.4) is 0 Å². The van der Waals surface area contributed by atoms with E-state index in [0.29, 0.717) is 43.3 Å². The van der Waals surface area contributed by atoms with Crippen molar-refractivity contribution in [1.82, 2.24) is 14.6 Å². The number of fused-ring (bicyclic) bond motifs is 1. The van der Waals surface area contributed by atoms with E-state index in [1.807, 2.05) is 120 Å². The molecule has 1 aliphatic heterocycles. The summed E-state index contributed by atoms with van der Waals surface area (Å²) < 4.78 is 35.1. The minimum atomic E-state index is -1.07. The van der Waals surface area contributed by atoms with E-state index < -0.39 is 29.5 Å². The van der Waals surface area contributed by atoms with Crippen LogP contribution in [0.25, 0.3) is 10.8 Å². The van der Waals surface area contributed by atoms with Crippen LogP contribution in [0.2, 0.25) is 0 Å². The summed E-state index contributed by atoms with van der Waals surface area (Å²) in [6.45, 7) is 3.25. The molecule has 9 rings (SSSR count). The van der Waals surface area contributed by atoms with Crippen molar-refractivity contribution < 1.29 is 28.8 Å². The molecule has 6 aromatic carbocycles. The van der Waals surface area contributed by atoms with E-state index in [2.05, 4.69) is 73.7 Å². The lowest BCUT2D eigenvalue weighted by atomic mass is 9.77. The smallest absolute Gasteiger partial charge is 0.131 e. The third kappa shape index (κ3) is 9.18. The number of aromatic nitrogens is 3. The third-order valence-corrected chi connectivity index (χ3v) is 12.2. The van der Waals surface area contributed by atoms with Gasteiger partial charge in [0.15, 0.2) is 0 Å². The van der Waals surface area contributed by atoms with Crippen molar-refractivity contribution in [1.29, 1.82) is 0 Å². The molecule has 0 saturated carbocycles. The van der Waals surface area contributed by atoms with Gasteiger partial charge in [-0.2, -0.15) is 5.10 Å². The SMILES string of the molecule is COc1ccc(C([N-]c2ncnn3c([C@@H]4O[C@H](COCc5ccccc5)[C@@H](OCc5ccccc5)[C@@]4(C)OCc4ccccc4)cc(CCO)c23)(c2ccccc2)c2ccccc2)cc1. The van der Waals surface area contributed by atoms with Gasteiger partial charge >= 0.3 is 0 Å². The van der Waals surface area contributed by atoms with E-state index in [9.17, 15) is 5.11 Å². The van der Waals surface area contributed by atoms with E-state index in [0.717, 1.165) is 44.7 Å². The first-order chi connectivity index (χ1) is 32.0. The predicted molar refractivity (Wildman–Crippen MR) is 251 cm³/mol. The van der Waals surface area contributed by atoms with Crippen LogP contribution < -0.4 is 4.74 Å². The van der Waals surface area contributed by atoms with Crippen molar-refractivity contribution in [3.05, 3.63) is 238 Å². The molecule has 4 atom stereocenters. The molecular formula is C55H53N4O6-. The summed E-state index contributed by atoms with van der Waals surface area (Å²) in [6.07, 6.45) is 0.0223. The molecule has 1 N–H and O–H groups in total. The fourth-order valence-electron chi connectivity index (χ4n) is 9.01. The van der Waals surface area contributed by atoms with Gasteiger partial charge in [-0.25, -0.2) is 4.52 Å². The van der Waals surface area contributed by atoms with Gasteiger partial charge in [0.2, 0.25) is 0 Å². The molecular weight excluding hydrogens is 813 g/mol. The van der Waals surface area contributed by atoms with E-state index in [-0.39, 0.29) is 13.2 Å².